The van der Waals surface area contributed by atoms with Crippen molar-refractivity contribution in [2.24, 2.45) is 0 Å². The fourth-order valence-corrected chi connectivity index (χ4v) is 1.90. The summed E-state index contributed by atoms with van der Waals surface area (Å²) >= 11 is -0.691. The maximum atomic E-state index is 4.85. The third-order valence-electron chi connectivity index (χ3n) is 3.49. The van der Waals surface area contributed by atoms with Gasteiger partial charge in [0.15, 0.2) is 0 Å². The Labute approximate surface area is 228 Å². The minimum atomic E-state index is -0.346. The van der Waals surface area contributed by atoms with Crippen molar-refractivity contribution in [3.8, 4) is 0 Å². The van der Waals surface area contributed by atoms with Crippen molar-refractivity contribution in [3.05, 3.63) is 70.8 Å². The summed E-state index contributed by atoms with van der Waals surface area (Å²) in [5, 5.41) is 0. The van der Waals surface area contributed by atoms with Gasteiger partial charge in [0, 0.05) is 0 Å². The summed E-state index contributed by atoms with van der Waals surface area (Å²) in [5.74, 6) is 1.31. The van der Waals surface area contributed by atoms with E-state index in [2.05, 4.69) is 90.1 Å². The van der Waals surface area contributed by atoms with E-state index in [-0.39, 0.29) is 67.4 Å². The van der Waals surface area contributed by atoms with E-state index in [4.69, 9.17) is 38.8 Å². The van der Waals surface area contributed by atoms with Crippen LogP contribution in [0.2, 0.25) is 0 Å². The topological polar surface area (TPSA) is 0 Å². The van der Waals surface area contributed by atoms with Gasteiger partial charge < -0.3 is 0 Å². The Morgan fingerprint density at radius 1 is 0.484 bits per heavy atom. The molecule has 0 aliphatic carbocycles. The molecule has 2 aromatic carbocycles. The summed E-state index contributed by atoms with van der Waals surface area (Å²) in [4.78, 5) is 0. The van der Waals surface area contributed by atoms with E-state index in [0.29, 0.717) is 11.8 Å². The molecule has 2 rings (SSSR count). The van der Waals surface area contributed by atoms with Crippen molar-refractivity contribution in [1.29, 1.82) is 0 Å². The van der Waals surface area contributed by atoms with Gasteiger partial charge in [-0.2, -0.15) is 0 Å². The van der Waals surface area contributed by atoms with Gasteiger partial charge in [0.1, 0.15) is 0 Å². The molecule has 0 atom stereocenters. The molecule has 192 valence electrons. The molecule has 0 bridgehead atoms. The second-order valence-electron chi connectivity index (χ2n) is 6.23. The molecule has 0 saturated carbocycles. The maximum absolute atomic E-state index is 4.85. The molecule has 0 aliphatic rings. The molecular weight excluding hydrogens is 644 g/mol. The molecule has 2 aromatic rings. The van der Waals surface area contributed by atoms with Crippen LogP contribution in [-0.2, 0) is 30.3 Å². The van der Waals surface area contributed by atoms with Gasteiger partial charge in [0.25, 0.3) is 0 Å². The third-order valence-corrected chi connectivity index (χ3v) is 3.49. The molecule has 0 amide bonds. The van der Waals surface area contributed by atoms with Crippen LogP contribution < -0.4 is 0 Å². The molecule has 0 fully saturated rings. The van der Waals surface area contributed by atoms with Gasteiger partial charge in [-0.05, 0) is 36.8 Å². The van der Waals surface area contributed by atoms with Crippen LogP contribution in [0, 0.1) is 13.8 Å². The third kappa shape index (κ3) is 30.8. The van der Waals surface area contributed by atoms with Crippen LogP contribution in [0.3, 0.4) is 0 Å². The second kappa shape index (κ2) is 33.0. The zero-order valence-corrected chi connectivity index (χ0v) is 22.5. The van der Waals surface area contributed by atoms with E-state index in [9.17, 15) is 0 Å². The molecule has 0 nitrogen and oxygen atoms in total. The number of hydrogen-bond donors (Lipinski definition) is 0. The molecular formula is C25H48Cl4Ru2. The van der Waals surface area contributed by atoms with Crippen LogP contribution >= 0.6 is 38.8 Å². The van der Waals surface area contributed by atoms with Crippen molar-refractivity contribution in [2.45, 2.75) is 90.5 Å². The van der Waals surface area contributed by atoms with Gasteiger partial charge in [-0.25, -0.2) is 0 Å². The molecule has 0 heterocycles. The number of aryl methyl sites for hydroxylation is 2. The number of benzene rings is 2. The summed E-state index contributed by atoms with van der Waals surface area (Å²) < 4.78 is 0. The van der Waals surface area contributed by atoms with Crippen molar-refractivity contribution in [2.75, 3.05) is 0 Å². The summed E-state index contributed by atoms with van der Waals surface area (Å²) in [6, 6.07) is 17.4. The molecule has 0 radical (unpaired) electrons. The molecule has 0 aromatic heterocycles. The molecule has 6 heteroatoms. The van der Waals surface area contributed by atoms with Crippen molar-refractivity contribution in [3.63, 3.8) is 0 Å². The standard InChI is InChI=1S/2C10H14.5CH4.4ClH.2Ru/c2*1-8(2)10-6-4-9(3)5-7-10;;;;;;;;;;;/h2*4-8H,1-3H3;5*1H4;4*1H;;/q;;;;;;;;;;;2*+2/p-4. The van der Waals surface area contributed by atoms with E-state index in [1.807, 2.05) is 0 Å². The van der Waals surface area contributed by atoms with E-state index >= 15 is 0 Å². The van der Waals surface area contributed by atoms with E-state index in [0.717, 1.165) is 0 Å². The first-order valence-corrected chi connectivity index (χ1v) is 17.0. The minimum absolute atomic E-state index is 0. The normalized spacial score (nSPS) is 8.13. The monoisotopic (exact) mass is 692 g/mol. The van der Waals surface area contributed by atoms with Gasteiger partial charge in [-0.3, -0.25) is 0 Å². The number of hydrogen-bond acceptors (Lipinski definition) is 0. The van der Waals surface area contributed by atoms with Crippen molar-refractivity contribution < 1.29 is 30.3 Å². The van der Waals surface area contributed by atoms with Gasteiger partial charge in [-0.1, -0.05) is 124 Å². The van der Waals surface area contributed by atoms with Crippen LogP contribution in [0.15, 0.2) is 48.5 Å². The Kier molecular flexibility index (Phi) is 52.3. The first-order valence-electron chi connectivity index (χ1n) is 8.06. The summed E-state index contributed by atoms with van der Waals surface area (Å²) in [6.45, 7) is 13.1. The molecule has 31 heavy (non-hydrogen) atoms. The SMILES string of the molecule is C.C.C.C.C.Cc1ccc(C(C)C)cc1.Cc1ccc(C(C)C)cc1.[Cl][Ru][Cl].[Cl][Ru][Cl]. The van der Waals surface area contributed by atoms with Crippen LogP contribution in [0.1, 0.15) is 98.9 Å². The van der Waals surface area contributed by atoms with E-state index in [1.165, 1.54) is 22.3 Å². The molecule has 0 N–H and O–H groups in total. The predicted molar refractivity (Wildman–Crippen MR) is 148 cm³/mol. The van der Waals surface area contributed by atoms with Crippen LogP contribution in [0.5, 0.6) is 0 Å². The second-order valence-corrected chi connectivity index (χ2v) is 11.5. The van der Waals surface area contributed by atoms with Crippen LogP contribution in [0.4, 0.5) is 0 Å². The molecule has 0 unspecified atom stereocenters. The van der Waals surface area contributed by atoms with Crippen LogP contribution in [0.25, 0.3) is 0 Å². The fourth-order valence-electron chi connectivity index (χ4n) is 1.90. The Morgan fingerprint density at radius 3 is 0.774 bits per heavy atom. The first kappa shape index (κ1) is 49.1. The average Bonchev–Trinajstić information content (AvgIpc) is 2.58. The summed E-state index contributed by atoms with van der Waals surface area (Å²) in [5.41, 5.74) is 5.52. The van der Waals surface area contributed by atoms with Gasteiger partial charge >= 0.3 is 69.1 Å². The van der Waals surface area contributed by atoms with E-state index < -0.39 is 0 Å². The quantitative estimate of drug-likeness (QED) is 0.275. The van der Waals surface area contributed by atoms with Crippen molar-refractivity contribution >= 4 is 38.8 Å². The van der Waals surface area contributed by atoms with Gasteiger partial charge in [0.2, 0.25) is 0 Å². The van der Waals surface area contributed by atoms with Gasteiger partial charge in [0.05, 0.1) is 0 Å². The van der Waals surface area contributed by atoms with Crippen LogP contribution in [-0.4, -0.2) is 0 Å². The Balaban J connectivity index is -0.0000000526. The average molecular weight is 693 g/mol. The Bertz CT molecular complexity index is 491. The Morgan fingerprint density at radius 2 is 0.645 bits per heavy atom. The zero-order valence-electron chi connectivity index (χ0n) is 16.0. The number of rotatable bonds is 2. The fraction of sp³-hybridized carbons (Fsp3) is 0.520. The molecule has 0 spiro atoms. The first-order chi connectivity index (χ1) is 12.2. The van der Waals surface area contributed by atoms with Gasteiger partial charge in [-0.15, -0.1) is 0 Å². The molecule has 0 aliphatic heterocycles. The molecule has 0 saturated heterocycles. The summed E-state index contributed by atoms with van der Waals surface area (Å²) in [6.07, 6.45) is 0. The number of halogens is 4. The zero-order chi connectivity index (χ0) is 20.5. The van der Waals surface area contributed by atoms with E-state index in [1.54, 1.807) is 0 Å². The predicted octanol–water partition coefficient (Wildman–Crippen LogP) is 12.2. The summed E-state index contributed by atoms with van der Waals surface area (Å²) in [7, 11) is 19.4. The van der Waals surface area contributed by atoms with Crippen molar-refractivity contribution in [1.82, 2.24) is 0 Å². The Hall–Kier alpha value is 0.847.